The number of carbonyl (C=O) groups excluding carboxylic acids is 2. The number of amides is 1. The Bertz CT molecular complexity index is 1280. The molecule has 0 aromatic heterocycles. The summed E-state index contributed by atoms with van der Waals surface area (Å²) in [5.41, 5.74) is 0. The monoisotopic (exact) mass is 1110 g/mol. The molecule has 6 heteroatoms. The Morgan fingerprint density at radius 3 is 1.00 bits per heavy atom. The van der Waals surface area contributed by atoms with E-state index in [1.54, 1.807) is 0 Å². The highest BCUT2D eigenvalue weighted by Gasteiger charge is 2.20. The lowest BCUT2D eigenvalue weighted by atomic mass is 10.0. The van der Waals surface area contributed by atoms with Gasteiger partial charge in [0.15, 0.2) is 0 Å². The van der Waals surface area contributed by atoms with Gasteiger partial charge in [0.2, 0.25) is 5.91 Å². The summed E-state index contributed by atoms with van der Waals surface area (Å²) < 4.78 is 5.47. The molecule has 2 unspecified atom stereocenters. The van der Waals surface area contributed by atoms with E-state index < -0.39 is 12.1 Å². The average Bonchev–Trinajstić information content (AvgIpc) is 3.45. The Balaban J connectivity index is 3.40. The predicted octanol–water partition coefficient (Wildman–Crippen LogP) is 23.1. The Morgan fingerprint density at radius 1 is 0.354 bits per heavy atom. The lowest BCUT2D eigenvalue weighted by Gasteiger charge is -2.22. The first-order valence-electron chi connectivity index (χ1n) is 35.7. The molecule has 0 fully saturated rings. The molecule has 0 saturated heterocycles. The van der Waals surface area contributed by atoms with Crippen LogP contribution in [-0.2, 0) is 14.3 Å². The maximum absolute atomic E-state index is 12.5. The summed E-state index contributed by atoms with van der Waals surface area (Å²) in [7, 11) is 0. The molecule has 0 bridgehead atoms. The number of aliphatic hydroxyl groups excluding tert-OH is 2. The van der Waals surface area contributed by atoms with E-state index in [0.29, 0.717) is 25.9 Å². The number of rotatable bonds is 67. The second kappa shape index (κ2) is 68.6. The van der Waals surface area contributed by atoms with Crippen LogP contribution in [0.25, 0.3) is 0 Å². The molecule has 0 spiro atoms. The molecule has 0 radical (unpaired) electrons. The minimum atomic E-state index is -0.665. The second-order valence-corrected chi connectivity index (χ2v) is 24.6. The van der Waals surface area contributed by atoms with Crippen LogP contribution < -0.4 is 5.32 Å². The van der Waals surface area contributed by atoms with Gasteiger partial charge in [0.1, 0.15) is 0 Å². The van der Waals surface area contributed by atoms with Crippen molar-refractivity contribution in [3.63, 3.8) is 0 Å². The van der Waals surface area contributed by atoms with E-state index in [-0.39, 0.29) is 18.5 Å². The third-order valence-corrected chi connectivity index (χ3v) is 16.7. The van der Waals surface area contributed by atoms with Crippen molar-refractivity contribution in [1.82, 2.24) is 5.32 Å². The standard InChI is InChI=1S/C73H139NO5/c1-3-5-7-9-11-13-15-17-18-19-33-36-39-42-45-49-53-57-61-65-71(76)70(69-75)74-72(77)66-62-58-54-50-46-43-40-37-34-31-29-27-25-23-21-20-22-24-26-28-30-32-35-38-41-44-48-52-56-60-64-68-79-73(78)67-63-59-55-51-47-16-14-12-10-8-6-4-2/h12,14,22,24,28,30,70-71,75-76H,3-11,13,15-21,23,25-27,29,31-69H2,1-2H3,(H,74,77)/b14-12-,24-22-,30-28-. The summed E-state index contributed by atoms with van der Waals surface area (Å²) in [5.74, 6) is -0.0272. The predicted molar refractivity (Wildman–Crippen MR) is 347 cm³/mol. The van der Waals surface area contributed by atoms with Crippen LogP contribution in [0.1, 0.15) is 393 Å². The first-order chi connectivity index (χ1) is 39.0. The van der Waals surface area contributed by atoms with Crippen molar-refractivity contribution in [2.45, 2.75) is 405 Å². The highest BCUT2D eigenvalue weighted by molar-refractivity contribution is 5.76. The van der Waals surface area contributed by atoms with E-state index in [4.69, 9.17) is 4.74 Å². The first kappa shape index (κ1) is 77.1. The third-order valence-electron chi connectivity index (χ3n) is 16.7. The van der Waals surface area contributed by atoms with Crippen molar-refractivity contribution >= 4 is 11.9 Å². The SMILES string of the molecule is CCCCC/C=C\CCCCCCCC(=O)OCCCCCCCCCCC/C=C\C/C=C\CCCCCCCCCCCCCCCCCC(=O)NC(CO)C(O)CCCCCCCCCCCCCCCCCCCCC. The smallest absolute Gasteiger partial charge is 0.305 e. The molecule has 0 rings (SSSR count). The lowest BCUT2D eigenvalue weighted by molar-refractivity contribution is -0.143. The van der Waals surface area contributed by atoms with E-state index in [0.717, 1.165) is 51.4 Å². The van der Waals surface area contributed by atoms with Crippen molar-refractivity contribution < 1.29 is 24.5 Å². The lowest BCUT2D eigenvalue weighted by Crippen LogP contribution is -2.45. The van der Waals surface area contributed by atoms with Crippen LogP contribution in [0, 0.1) is 0 Å². The number of esters is 1. The molecule has 0 aliphatic heterocycles. The second-order valence-electron chi connectivity index (χ2n) is 24.6. The number of carbonyl (C=O) groups is 2. The first-order valence-corrected chi connectivity index (χ1v) is 35.7. The van der Waals surface area contributed by atoms with Crippen LogP contribution in [0.4, 0.5) is 0 Å². The fraction of sp³-hybridized carbons (Fsp3) is 0.890. The van der Waals surface area contributed by atoms with Gasteiger partial charge in [0.25, 0.3) is 0 Å². The van der Waals surface area contributed by atoms with Gasteiger partial charge in [0.05, 0.1) is 25.4 Å². The number of unbranched alkanes of at least 4 members (excludes halogenated alkanes) is 50. The van der Waals surface area contributed by atoms with Crippen LogP contribution in [0.2, 0.25) is 0 Å². The van der Waals surface area contributed by atoms with Crippen LogP contribution in [-0.4, -0.2) is 47.4 Å². The summed E-state index contributed by atoms with van der Waals surface area (Å²) in [5, 5.41) is 23.4. The number of ether oxygens (including phenoxy) is 1. The molecule has 0 saturated carbocycles. The van der Waals surface area contributed by atoms with E-state index in [9.17, 15) is 19.8 Å². The molecule has 6 nitrogen and oxygen atoms in total. The van der Waals surface area contributed by atoms with E-state index in [1.807, 2.05) is 0 Å². The molecule has 0 aromatic carbocycles. The maximum atomic E-state index is 12.5. The van der Waals surface area contributed by atoms with Crippen molar-refractivity contribution in [3.05, 3.63) is 36.5 Å². The molecular formula is C73H139NO5. The molecule has 0 heterocycles. The minimum Gasteiger partial charge on any atom is -0.466 e. The largest absolute Gasteiger partial charge is 0.466 e. The molecule has 466 valence electrons. The third kappa shape index (κ3) is 65.1. The summed E-state index contributed by atoms with van der Waals surface area (Å²) in [6.45, 7) is 4.96. The highest BCUT2D eigenvalue weighted by Crippen LogP contribution is 2.19. The summed E-state index contributed by atoms with van der Waals surface area (Å²) in [6, 6.07) is -0.542. The Morgan fingerprint density at radius 2 is 0.633 bits per heavy atom. The van der Waals surface area contributed by atoms with Gasteiger partial charge in [-0.15, -0.1) is 0 Å². The molecule has 1 amide bonds. The fourth-order valence-electron chi connectivity index (χ4n) is 11.2. The molecule has 79 heavy (non-hydrogen) atoms. The van der Waals surface area contributed by atoms with Gasteiger partial charge < -0.3 is 20.3 Å². The van der Waals surface area contributed by atoms with Crippen LogP contribution >= 0.6 is 0 Å². The Hall–Kier alpha value is -1.92. The molecular weight excluding hydrogens is 971 g/mol. The topological polar surface area (TPSA) is 95.9 Å². The number of hydrogen-bond acceptors (Lipinski definition) is 5. The number of nitrogens with one attached hydrogen (secondary N) is 1. The zero-order valence-corrected chi connectivity index (χ0v) is 53.4. The molecule has 0 aliphatic carbocycles. The Kier molecular flexibility index (Phi) is 66.9. The molecule has 0 aliphatic rings. The van der Waals surface area contributed by atoms with Crippen molar-refractivity contribution in [2.75, 3.05) is 13.2 Å². The zero-order chi connectivity index (χ0) is 57.1. The molecule has 2 atom stereocenters. The minimum absolute atomic E-state index is 0.00339. The Labute approximate surface area is 494 Å². The van der Waals surface area contributed by atoms with Gasteiger partial charge in [-0.1, -0.05) is 333 Å². The van der Waals surface area contributed by atoms with Crippen LogP contribution in [0.3, 0.4) is 0 Å². The van der Waals surface area contributed by atoms with Crippen LogP contribution in [0.15, 0.2) is 36.5 Å². The summed E-state index contributed by atoms with van der Waals surface area (Å²) in [6.07, 6.45) is 87.7. The van der Waals surface area contributed by atoms with Gasteiger partial charge in [-0.2, -0.15) is 0 Å². The quantitative estimate of drug-likeness (QED) is 0.0320. The van der Waals surface area contributed by atoms with Crippen molar-refractivity contribution in [1.29, 1.82) is 0 Å². The van der Waals surface area contributed by atoms with E-state index >= 15 is 0 Å². The van der Waals surface area contributed by atoms with Crippen molar-refractivity contribution in [3.8, 4) is 0 Å². The van der Waals surface area contributed by atoms with Crippen LogP contribution in [0.5, 0.6) is 0 Å². The van der Waals surface area contributed by atoms with Crippen molar-refractivity contribution in [2.24, 2.45) is 0 Å². The normalized spacial score (nSPS) is 12.7. The van der Waals surface area contributed by atoms with E-state index in [2.05, 4.69) is 55.6 Å². The number of hydrogen-bond donors (Lipinski definition) is 3. The van der Waals surface area contributed by atoms with Gasteiger partial charge in [-0.05, 0) is 83.5 Å². The average molecular weight is 1110 g/mol. The number of aliphatic hydroxyl groups is 2. The summed E-state index contributed by atoms with van der Waals surface area (Å²) in [4.78, 5) is 24.6. The molecule has 3 N–H and O–H groups in total. The maximum Gasteiger partial charge on any atom is 0.305 e. The van der Waals surface area contributed by atoms with Gasteiger partial charge in [-0.3, -0.25) is 9.59 Å². The van der Waals surface area contributed by atoms with Gasteiger partial charge in [0, 0.05) is 12.8 Å². The highest BCUT2D eigenvalue weighted by atomic mass is 16.5. The molecule has 0 aromatic rings. The fourth-order valence-corrected chi connectivity index (χ4v) is 11.2. The summed E-state index contributed by atoms with van der Waals surface area (Å²) >= 11 is 0. The zero-order valence-electron chi connectivity index (χ0n) is 53.4. The van der Waals surface area contributed by atoms with Gasteiger partial charge in [-0.25, -0.2) is 0 Å². The number of allylic oxidation sites excluding steroid dienone is 6. The van der Waals surface area contributed by atoms with E-state index in [1.165, 1.54) is 308 Å². The van der Waals surface area contributed by atoms with Gasteiger partial charge >= 0.3 is 5.97 Å².